The minimum Gasteiger partial charge on any atom is -0.454 e. The van der Waals surface area contributed by atoms with Crippen LogP contribution < -0.4 is 0 Å². The predicted molar refractivity (Wildman–Crippen MR) is 96.8 cm³/mol. The Morgan fingerprint density at radius 2 is 1.96 bits per heavy atom. The van der Waals surface area contributed by atoms with E-state index in [-0.39, 0.29) is 16.6 Å². The van der Waals surface area contributed by atoms with Gasteiger partial charge >= 0.3 is 5.97 Å². The molecule has 0 N–H and O–H groups in total. The Hall–Kier alpha value is -2.75. The molecule has 1 atom stereocenters. The summed E-state index contributed by atoms with van der Waals surface area (Å²) in [6.07, 6.45) is 2.07. The molecule has 0 bridgehead atoms. The second-order valence-electron chi connectivity index (χ2n) is 6.89. The number of sulfonamides is 1. The normalized spacial score (nSPS) is 22.9. The highest BCUT2D eigenvalue weighted by Crippen LogP contribution is 2.31. The number of fused-ring (bicyclic) bond motifs is 1. The number of carbonyl (C=O) groups is 3. The van der Waals surface area contributed by atoms with Crippen LogP contribution in [0.2, 0.25) is 0 Å². The number of benzene rings is 1. The fourth-order valence-electron chi connectivity index (χ4n) is 3.78. The third-order valence-electron chi connectivity index (χ3n) is 5.12. The second kappa shape index (κ2) is 7.01. The second-order valence-corrected chi connectivity index (χ2v) is 8.46. The van der Waals surface area contributed by atoms with Crippen LogP contribution in [0.3, 0.4) is 0 Å². The maximum atomic E-state index is 12.6. The molecule has 3 aliphatic heterocycles. The fourth-order valence-corrected chi connectivity index (χ4v) is 5.00. The van der Waals surface area contributed by atoms with E-state index in [0.717, 1.165) is 4.90 Å². The number of amides is 2. The number of imide groups is 1. The Labute approximate surface area is 162 Å². The van der Waals surface area contributed by atoms with Crippen molar-refractivity contribution in [3.8, 4) is 0 Å². The Bertz CT molecular complexity index is 987. The number of hydrogen-bond donors (Lipinski definition) is 0. The molecule has 2 saturated heterocycles. The SMILES string of the molecule is O=C(OCC(=O)N1CCCC1=O)[C@@H]1CCCN1C1=NS(=O)(=O)c2ccccc21. The van der Waals surface area contributed by atoms with E-state index in [4.69, 9.17) is 4.74 Å². The predicted octanol–water partition coefficient (Wildman–Crippen LogP) is 0.292. The average molecular weight is 405 g/mol. The molecule has 10 heteroatoms. The van der Waals surface area contributed by atoms with Crippen LogP contribution >= 0.6 is 0 Å². The van der Waals surface area contributed by atoms with E-state index in [9.17, 15) is 22.8 Å². The van der Waals surface area contributed by atoms with Crippen molar-refractivity contribution in [2.45, 2.75) is 36.6 Å². The molecule has 4 rings (SSSR count). The Balaban J connectivity index is 1.48. The Kier molecular flexibility index (Phi) is 4.66. The fraction of sp³-hybridized carbons (Fsp3) is 0.444. The van der Waals surface area contributed by atoms with Crippen molar-refractivity contribution in [3.63, 3.8) is 0 Å². The lowest BCUT2D eigenvalue weighted by molar-refractivity contribution is -0.157. The van der Waals surface area contributed by atoms with Gasteiger partial charge in [-0.2, -0.15) is 8.42 Å². The van der Waals surface area contributed by atoms with E-state index in [1.54, 1.807) is 23.1 Å². The average Bonchev–Trinajstić information content (AvgIpc) is 3.38. The minimum atomic E-state index is -3.79. The van der Waals surface area contributed by atoms with Crippen molar-refractivity contribution in [2.75, 3.05) is 19.7 Å². The van der Waals surface area contributed by atoms with E-state index in [2.05, 4.69) is 4.40 Å². The molecule has 0 radical (unpaired) electrons. The third kappa shape index (κ3) is 3.17. The summed E-state index contributed by atoms with van der Waals surface area (Å²) in [5.41, 5.74) is 0.459. The van der Waals surface area contributed by atoms with E-state index < -0.39 is 34.5 Å². The van der Waals surface area contributed by atoms with Crippen LogP contribution in [0.5, 0.6) is 0 Å². The summed E-state index contributed by atoms with van der Waals surface area (Å²) >= 11 is 0. The molecular formula is C18H19N3O6S. The first-order valence-corrected chi connectivity index (χ1v) is 10.5. The van der Waals surface area contributed by atoms with Gasteiger partial charge < -0.3 is 9.64 Å². The molecule has 1 aromatic carbocycles. The molecule has 0 aromatic heterocycles. The first kappa shape index (κ1) is 18.6. The summed E-state index contributed by atoms with van der Waals surface area (Å²) in [4.78, 5) is 39.1. The molecule has 2 fully saturated rings. The molecule has 0 spiro atoms. The minimum absolute atomic E-state index is 0.117. The largest absolute Gasteiger partial charge is 0.454 e. The topological polar surface area (TPSA) is 113 Å². The first-order valence-electron chi connectivity index (χ1n) is 9.09. The van der Waals surface area contributed by atoms with Crippen LogP contribution in [-0.4, -0.2) is 67.6 Å². The number of ether oxygens (including phenoxy) is 1. The summed E-state index contributed by atoms with van der Waals surface area (Å²) in [6, 6.07) is 5.75. The number of carbonyl (C=O) groups excluding carboxylic acids is 3. The van der Waals surface area contributed by atoms with Gasteiger partial charge in [0.1, 0.15) is 10.9 Å². The van der Waals surface area contributed by atoms with Crippen molar-refractivity contribution < 1.29 is 27.5 Å². The van der Waals surface area contributed by atoms with Crippen molar-refractivity contribution in [3.05, 3.63) is 29.8 Å². The van der Waals surface area contributed by atoms with Gasteiger partial charge in [-0.05, 0) is 31.4 Å². The lowest BCUT2D eigenvalue weighted by Gasteiger charge is -2.25. The monoisotopic (exact) mass is 405 g/mol. The maximum Gasteiger partial charge on any atom is 0.329 e. The third-order valence-corrected chi connectivity index (χ3v) is 6.45. The standard InChI is InChI=1S/C18H19N3O6S/c22-15-8-4-10-21(15)16(23)11-27-18(24)13-6-3-9-20(13)17-12-5-1-2-7-14(12)28(25,26)19-17/h1-2,5,7,13H,3-4,6,8-11H2/t13-/m0/s1. The number of nitrogens with zero attached hydrogens (tertiary/aromatic N) is 3. The van der Waals surface area contributed by atoms with Gasteiger partial charge in [-0.1, -0.05) is 12.1 Å². The smallest absolute Gasteiger partial charge is 0.329 e. The zero-order valence-electron chi connectivity index (χ0n) is 15.0. The summed E-state index contributed by atoms with van der Waals surface area (Å²) in [7, 11) is -3.79. The lowest BCUT2D eigenvalue weighted by Crippen LogP contribution is -2.43. The molecule has 3 aliphatic rings. The van der Waals surface area contributed by atoms with Gasteiger partial charge in [-0.25, -0.2) is 4.79 Å². The molecule has 9 nitrogen and oxygen atoms in total. The van der Waals surface area contributed by atoms with Gasteiger partial charge in [0.25, 0.3) is 15.9 Å². The van der Waals surface area contributed by atoms with Crippen LogP contribution in [0, 0.1) is 0 Å². The van der Waals surface area contributed by atoms with Crippen molar-refractivity contribution >= 4 is 33.6 Å². The van der Waals surface area contributed by atoms with Crippen LogP contribution in [0.15, 0.2) is 33.6 Å². The Morgan fingerprint density at radius 1 is 1.18 bits per heavy atom. The number of likely N-dealkylation sites (tertiary alicyclic amines) is 2. The number of amidine groups is 1. The number of rotatable bonds is 3. The maximum absolute atomic E-state index is 12.6. The molecule has 0 aliphatic carbocycles. The Morgan fingerprint density at radius 3 is 2.71 bits per heavy atom. The molecule has 0 saturated carbocycles. The summed E-state index contributed by atoms with van der Waals surface area (Å²) in [5.74, 6) is -1.18. The van der Waals surface area contributed by atoms with Crippen LogP contribution in [0.1, 0.15) is 31.2 Å². The molecular weight excluding hydrogens is 386 g/mol. The highest BCUT2D eigenvalue weighted by Gasteiger charge is 2.40. The molecule has 28 heavy (non-hydrogen) atoms. The van der Waals surface area contributed by atoms with E-state index >= 15 is 0 Å². The summed E-state index contributed by atoms with van der Waals surface area (Å²) in [6.45, 7) is 0.299. The van der Waals surface area contributed by atoms with Crippen molar-refractivity contribution in [1.29, 1.82) is 0 Å². The zero-order chi connectivity index (χ0) is 19.9. The zero-order valence-corrected chi connectivity index (χ0v) is 15.9. The lowest BCUT2D eigenvalue weighted by atomic mass is 10.1. The molecule has 1 aromatic rings. The van der Waals surface area contributed by atoms with Gasteiger partial charge in [-0.3, -0.25) is 14.5 Å². The number of esters is 1. The van der Waals surface area contributed by atoms with E-state index in [1.165, 1.54) is 6.07 Å². The van der Waals surface area contributed by atoms with E-state index in [1.807, 2.05) is 0 Å². The first-order chi connectivity index (χ1) is 13.4. The summed E-state index contributed by atoms with van der Waals surface area (Å²) in [5, 5.41) is 0. The quantitative estimate of drug-likeness (QED) is 0.664. The number of hydrogen-bond acceptors (Lipinski definition) is 7. The molecule has 3 heterocycles. The summed E-state index contributed by atoms with van der Waals surface area (Å²) < 4.78 is 33.6. The van der Waals surface area contributed by atoms with Gasteiger partial charge in [0.15, 0.2) is 12.4 Å². The van der Waals surface area contributed by atoms with Crippen molar-refractivity contribution in [2.24, 2.45) is 4.40 Å². The van der Waals surface area contributed by atoms with Crippen molar-refractivity contribution in [1.82, 2.24) is 9.80 Å². The highest BCUT2D eigenvalue weighted by molar-refractivity contribution is 7.90. The molecule has 2 amide bonds. The van der Waals surface area contributed by atoms with Gasteiger partial charge in [0, 0.05) is 25.1 Å². The van der Waals surface area contributed by atoms with Gasteiger partial charge in [0.2, 0.25) is 5.91 Å². The van der Waals surface area contributed by atoms with E-state index in [0.29, 0.717) is 44.3 Å². The molecule has 148 valence electrons. The van der Waals surface area contributed by atoms with Crippen LogP contribution in [-0.2, 0) is 29.1 Å². The molecule has 0 unspecified atom stereocenters. The van der Waals surface area contributed by atoms with Crippen LogP contribution in [0.4, 0.5) is 0 Å². The van der Waals surface area contributed by atoms with Gasteiger partial charge in [0.05, 0.1) is 0 Å². The van der Waals surface area contributed by atoms with Gasteiger partial charge in [-0.15, -0.1) is 4.40 Å². The van der Waals surface area contributed by atoms with Crippen LogP contribution in [0.25, 0.3) is 0 Å². The highest BCUT2D eigenvalue weighted by atomic mass is 32.2.